The predicted molar refractivity (Wildman–Crippen MR) is 77.4 cm³/mol. The summed E-state index contributed by atoms with van der Waals surface area (Å²) in [5, 5.41) is 1.05. The first-order valence-corrected chi connectivity index (χ1v) is 6.11. The quantitative estimate of drug-likeness (QED) is 0.701. The van der Waals surface area contributed by atoms with Crippen LogP contribution in [0.3, 0.4) is 0 Å². The fourth-order valence-electron chi connectivity index (χ4n) is 1.99. The van der Waals surface area contributed by atoms with E-state index in [1.54, 1.807) is 6.20 Å². The van der Waals surface area contributed by atoms with Gasteiger partial charge in [-0.15, -0.1) is 0 Å². The second-order valence-corrected chi connectivity index (χ2v) is 4.51. The molecule has 0 spiro atoms. The lowest BCUT2D eigenvalue weighted by Gasteiger charge is -2.09. The van der Waals surface area contributed by atoms with Gasteiger partial charge in [-0.05, 0) is 36.8 Å². The number of nitrogens with zero attached hydrogens (tertiary/aromatic N) is 1. The lowest BCUT2D eigenvalue weighted by atomic mass is 10.2. The Kier molecular flexibility index (Phi) is 2.80. The van der Waals surface area contributed by atoms with Crippen molar-refractivity contribution >= 4 is 16.6 Å². The van der Waals surface area contributed by atoms with Gasteiger partial charge in [0.2, 0.25) is 0 Å². The molecule has 3 aromatic rings. The molecule has 3 heteroatoms. The summed E-state index contributed by atoms with van der Waals surface area (Å²) in [5.41, 5.74) is 8.63. The van der Waals surface area contributed by atoms with Gasteiger partial charge in [0.1, 0.15) is 11.5 Å². The number of aromatic nitrogens is 1. The minimum Gasteiger partial charge on any atom is -0.454 e. The molecule has 0 saturated carbocycles. The topological polar surface area (TPSA) is 48.1 Å². The molecule has 1 heterocycles. The van der Waals surface area contributed by atoms with Crippen LogP contribution in [0.15, 0.2) is 54.7 Å². The van der Waals surface area contributed by atoms with E-state index >= 15 is 0 Å². The molecule has 0 bridgehead atoms. The third-order valence-corrected chi connectivity index (χ3v) is 2.96. The summed E-state index contributed by atoms with van der Waals surface area (Å²) in [6, 6.07) is 15.6. The molecule has 19 heavy (non-hydrogen) atoms. The molecule has 2 aromatic carbocycles. The van der Waals surface area contributed by atoms with Crippen molar-refractivity contribution < 1.29 is 4.74 Å². The van der Waals surface area contributed by atoms with E-state index in [2.05, 4.69) is 4.98 Å². The van der Waals surface area contributed by atoms with Crippen LogP contribution in [-0.2, 0) is 0 Å². The van der Waals surface area contributed by atoms with Gasteiger partial charge in [-0.3, -0.25) is 4.98 Å². The van der Waals surface area contributed by atoms with Crippen LogP contribution in [0.2, 0.25) is 0 Å². The lowest BCUT2D eigenvalue weighted by Crippen LogP contribution is -1.93. The van der Waals surface area contributed by atoms with E-state index < -0.39 is 0 Å². The van der Waals surface area contributed by atoms with Crippen LogP contribution in [-0.4, -0.2) is 4.98 Å². The van der Waals surface area contributed by atoms with E-state index in [0.717, 1.165) is 16.5 Å². The van der Waals surface area contributed by atoms with Gasteiger partial charge in [0, 0.05) is 5.39 Å². The summed E-state index contributed by atoms with van der Waals surface area (Å²) in [6.07, 6.45) is 1.71. The normalized spacial score (nSPS) is 10.6. The number of benzene rings is 2. The maximum absolute atomic E-state index is 5.94. The second kappa shape index (κ2) is 4.61. The zero-order valence-electron chi connectivity index (χ0n) is 10.6. The molecular weight excluding hydrogens is 236 g/mol. The van der Waals surface area contributed by atoms with Gasteiger partial charge in [-0.1, -0.05) is 24.3 Å². The molecule has 1 aromatic heterocycles. The summed E-state index contributed by atoms with van der Waals surface area (Å²) >= 11 is 0. The standard InChI is InChI=1S/C16H14N2O/c1-11-6-7-16(14(17)8-11)19-13-9-12-4-2-3-5-15(12)18-10-13/h2-10H,17H2,1H3. The highest BCUT2D eigenvalue weighted by atomic mass is 16.5. The Morgan fingerprint density at radius 3 is 2.74 bits per heavy atom. The Labute approximate surface area is 111 Å². The van der Waals surface area contributed by atoms with Crippen molar-refractivity contribution in [3.05, 3.63) is 60.3 Å². The first kappa shape index (κ1) is 11.5. The molecular formula is C16H14N2O. The van der Waals surface area contributed by atoms with E-state index in [4.69, 9.17) is 10.5 Å². The van der Waals surface area contributed by atoms with Crippen molar-refractivity contribution in [3.63, 3.8) is 0 Å². The average molecular weight is 250 g/mol. The van der Waals surface area contributed by atoms with Crippen molar-refractivity contribution in [1.29, 1.82) is 0 Å². The van der Waals surface area contributed by atoms with Crippen LogP contribution < -0.4 is 10.5 Å². The maximum Gasteiger partial charge on any atom is 0.150 e. The minimum absolute atomic E-state index is 0.633. The number of nitrogen functional groups attached to an aromatic ring is 1. The number of fused-ring (bicyclic) bond motifs is 1. The summed E-state index contributed by atoms with van der Waals surface area (Å²) in [6.45, 7) is 2.00. The van der Waals surface area contributed by atoms with E-state index in [-0.39, 0.29) is 0 Å². The van der Waals surface area contributed by atoms with Crippen molar-refractivity contribution in [1.82, 2.24) is 4.98 Å². The average Bonchev–Trinajstić information content (AvgIpc) is 2.42. The highest BCUT2D eigenvalue weighted by molar-refractivity contribution is 5.79. The molecule has 0 saturated heterocycles. The number of nitrogens with two attached hydrogens (primary N) is 1. The second-order valence-electron chi connectivity index (χ2n) is 4.51. The summed E-state index contributed by atoms with van der Waals surface area (Å²) in [5.74, 6) is 1.34. The monoisotopic (exact) mass is 250 g/mol. The fraction of sp³-hybridized carbons (Fsp3) is 0.0625. The number of ether oxygens (including phenoxy) is 1. The number of anilines is 1. The van der Waals surface area contributed by atoms with Gasteiger partial charge < -0.3 is 10.5 Å². The van der Waals surface area contributed by atoms with Crippen LogP contribution in [0.5, 0.6) is 11.5 Å². The van der Waals surface area contributed by atoms with Crippen molar-refractivity contribution in [2.24, 2.45) is 0 Å². The zero-order valence-corrected chi connectivity index (χ0v) is 10.6. The van der Waals surface area contributed by atoms with Crippen LogP contribution >= 0.6 is 0 Å². The van der Waals surface area contributed by atoms with Crippen molar-refractivity contribution in [2.75, 3.05) is 5.73 Å². The largest absolute Gasteiger partial charge is 0.454 e. The molecule has 0 amide bonds. The summed E-state index contributed by atoms with van der Waals surface area (Å²) < 4.78 is 5.78. The number of aryl methyl sites for hydroxylation is 1. The van der Waals surface area contributed by atoms with Crippen LogP contribution in [0.4, 0.5) is 5.69 Å². The van der Waals surface area contributed by atoms with Gasteiger partial charge in [0.05, 0.1) is 17.4 Å². The van der Waals surface area contributed by atoms with Gasteiger partial charge in [-0.2, -0.15) is 0 Å². The molecule has 0 fully saturated rings. The molecule has 0 unspecified atom stereocenters. The van der Waals surface area contributed by atoms with Crippen LogP contribution in [0.1, 0.15) is 5.56 Å². The Bertz CT molecular complexity index is 738. The first-order valence-electron chi connectivity index (χ1n) is 6.11. The molecule has 0 atom stereocenters. The summed E-state index contributed by atoms with van der Waals surface area (Å²) in [4.78, 5) is 4.36. The van der Waals surface area contributed by atoms with Crippen molar-refractivity contribution in [2.45, 2.75) is 6.92 Å². The molecule has 0 radical (unpaired) electrons. The Hall–Kier alpha value is -2.55. The van der Waals surface area contributed by atoms with E-state index in [9.17, 15) is 0 Å². The maximum atomic E-state index is 5.94. The molecule has 3 rings (SSSR count). The molecule has 94 valence electrons. The van der Waals surface area contributed by atoms with E-state index in [0.29, 0.717) is 17.2 Å². The highest BCUT2D eigenvalue weighted by Gasteiger charge is 2.03. The molecule has 0 aliphatic heterocycles. The third-order valence-electron chi connectivity index (χ3n) is 2.96. The Morgan fingerprint density at radius 2 is 1.89 bits per heavy atom. The molecule has 0 aliphatic rings. The van der Waals surface area contributed by atoms with Crippen LogP contribution in [0, 0.1) is 6.92 Å². The van der Waals surface area contributed by atoms with Crippen LogP contribution in [0.25, 0.3) is 10.9 Å². The molecule has 2 N–H and O–H groups in total. The SMILES string of the molecule is Cc1ccc(Oc2cnc3ccccc3c2)c(N)c1. The predicted octanol–water partition coefficient (Wildman–Crippen LogP) is 3.92. The minimum atomic E-state index is 0.633. The van der Waals surface area contributed by atoms with E-state index in [1.165, 1.54) is 0 Å². The Balaban J connectivity index is 1.96. The molecule has 3 nitrogen and oxygen atoms in total. The number of hydrogen-bond acceptors (Lipinski definition) is 3. The summed E-state index contributed by atoms with van der Waals surface area (Å²) in [7, 11) is 0. The molecule has 0 aliphatic carbocycles. The van der Waals surface area contributed by atoms with Gasteiger partial charge in [0.15, 0.2) is 0 Å². The smallest absolute Gasteiger partial charge is 0.150 e. The third kappa shape index (κ3) is 2.36. The van der Waals surface area contributed by atoms with E-state index in [1.807, 2.05) is 55.5 Å². The number of para-hydroxylation sites is 1. The number of rotatable bonds is 2. The van der Waals surface area contributed by atoms with Gasteiger partial charge in [-0.25, -0.2) is 0 Å². The number of hydrogen-bond donors (Lipinski definition) is 1. The van der Waals surface area contributed by atoms with Gasteiger partial charge >= 0.3 is 0 Å². The first-order chi connectivity index (χ1) is 9.22. The zero-order chi connectivity index (χ0) is 13.2. The fourth-order valence-corrected chi connectivity index (χ4v) is 1.99. The number of pyridine rings is 1. The lowest BCUT2D eigenvalue weighted by molar-refractivity contribution is 0.483. The Morgan fingerprint density at radius 1 is 1.05 bits per heavy atom. The van der Waals surface area contributed by atoms with Crippen molar-refractivity contribution in [3.8, 4) is 11.5 Å². The highest BCUT2D eigenvalue weighted by Crippen LogP contribution is 2.29. The van der Waals surface area contributed by atoms with Gasteiger partial charge in [0.25, 0.3) is 0 Å².